The molecular formula is C17H29NO3. The molecule has 2 fully saturated rings. The fraction of sp³-hybridized carbons (Fsp3) is 0.882. The third kappa shape index (κ3) is 3.09. The van der Waals surface area contributed by atoms with Crippen LogP contribution in [0.15, 0.2) is 0 Å². The Labute approximate surface area is 127 Å². The van der Waals surface area contributed by atoms with Crippen molar-refractivity contribution >= 4 is 11.9 Å². The normalized spacial score (nSPS) is 34.0. The fourth-order valence-electron chi connectivity index (χ4n) is 3.97. The Balaban J connectivity index is 2.01. The van der Waals surface area contributed by atoms with Crippen molar-refractivity contribution in [2.24, 2.45) is 17.3 Å². The molecule has 1 N–H and O–H groups in total. The quantitative estimate of drug-likeness (QED) is 0.850. The van der Waals surface area contributed by atoms with Gasteiger partial charge in [-0.25, -0.2) is 4.79 Å². The van der Waals surface area contributed by atoms with E-state index in [1.54, 1.807) is 11.8 Å². The summed E-state index contributed by atoms with van der Waals surface area (Å²) in [4.78, 5) is 25.9. The molecular weight excluding hydrogens is 266 g/mol. The molecule has 1 atom stereocenters. The molecule has 0 aromatic heterocycles. The first kappa shape index (κ1) is 16.3. The molecule has 0 spiro atoms. The molecule has 1 unspecified atom stereocenters. The zero-order valence-corrected chi connectivity index (χ0v) is 13.8. The lowest BCUT2D eigenvalue weighted by molar-refractivity contribution is -0.157. The van der Waals surface area contributed by atoms with Crippen LogP contribution in [0.4, 0.5) is 0 Å². The van der Waals surface area contributed by atoms with Crippen molar-refractivity contribution in [3.8, 4) is 0 Å². The Morgan fingerprint density at radius 1 is 1.14 bits per heavy atom. The highest BCUT2D eigenvalue weighted by molar-refractivity contribution is 5.88. The molecule has 21 heavy (non-hydrogen) atoms. The number of rotatable bonds is 2. The van der Waals surface area contributed by atoms with Crippen molar-refractivity contribution in [1.29, 1.82) is 0 Å². The van der Waals surface area contributed by atoms with Crippen LogP contribution in [0.2, 0.25) is 0 Å². The van der Waals surface area contributed by atoms with E-state index in [4.69, 9.17) is 0 Å². The monoisotopic (exact) mass is 295 g/mol. The summed E-state index contributed by atoms with van der Waals surface area (Å²) in [7, 11) is 0. The van der Waals surface area contributed by atoms with Gasteiger partial charge in [-0.1, -0.05) is 20.8 Å². The molecule has 1 aliphatic carbocycles. The van der Waals surface area contributed by atoms with Gasteiger partial charge < -0.3 is 10.0 Å². The van der Waals surface area contributed by atoms with E-state index in [1.165, 1.54) is 0 Å². The lowest BCUT2D eigenvalue weighted by atomic mass is 9.69. The van der Waals surface area contributed by atoms with Gasteiger partial charge in [0.1, 0.15) is 5.54 Å². The molecule has 4 nitrogen and oxygen atoms in total. The standard InChI is InChI=1S/C17H29NO3/c1-16(2,3)13-8-6-12(7-9-13)14(19)18-11-5-10-17(18,4)15(20)21/h12-13H,5-11H2,1-4H3,(H,20,21). The van der Waals surface area contributed by atoms with E-state index in [0.717, 1.165) is 32.1 Å². The Morgan fingerprint density at radius 2 is 1.71 bits per heavy atom. The van der Waals surface area contributed by atoms with Gasteiger partial charge in [-0.3, -0.25) is 4.79 Å². The van der Waals surface area contributed by atoms with Crippen LogP contribution in [0.25, 0.3) is 0 Å². The van der Waals surface area contributed by atoms with Gasteiger partial charge in [0.15, 0.2) is 0 Å². The third-order valence-electron chi connectivity index (χ3n) is 5.67. The smallest absolute Gasteiger partial charge is 0.329 e. The molecule has 4 heteroatoms. The highest BCUT2D eigenvalue weighted by Gasteiger charge is 2.47. The molecule has 0 aromatic rings. The molecule has 1 saturated carbocycles. The van der Waals surface area contributed by atoms with Gasteiger partial charge in [0, 0.05) is 12.5 Å². The number of carboxylic acids is 1. The second-order valence-electron chi connectivity index (χ2n) is 8.09. The van der Waals surface area contributed by atoms with E-state index in [1.807, 2.05) is 0 Å². The first-order chi connectivity index (χ1) is 9.66. The van der Waals surface area contributed by atoms with Crippen LogP contribution in [-0.2, 0) is 9.59 Å². The van der Waals surface area contributed by atoms with Crippen LogP contribution in [0.3, 0.4) is 0 Å². The van der Waals surface area contributed by atoms with Crippen LogP contribution in [0.5, 0.6) is 0 Å². The van der Waals surface area contributed by atoms with E-state index in [9.17, 15) is 14.7 Å². The number of carbonyl (C=O) groups is 2. The maximum Gasteiger partial charge on any atom is 0.329 e. The number of hydrogen-bond donors (Lipinski definition) is 1. The SMILES string of the molecule is CC(C)(C)C1CCC(C(=O)N2CCCC2(C)C(=O)O)CC1. The van der Waals surface area contributed by atoms with Crippen LogP contribution < -0.4 is 0 Å². The highest BCUT2D eigenvalue weighted by atomic mass is 16.4. The maximum atomic E-state index is 12.7. The Kier molecular flexibility index (Phi) is 4.36. The molecule has 2 rings (SSSR count). The van der Waals surface area contributed by atoms with Gasteiger partial charge in [-0.2, -0.15) is 0 Å². The number of carboxylic acid groups (broad SMARTS) is 1. The number of aliphatic carboxylic acids is 1. The summed E-state index contributed by atoms with van der Waals surface area (Å²) in [6.45, 7) is 9.09. The molecule has 0 bridgehead atoms. The van der Waals surface area contributed by atoms with Crippen molar-refractivity contribution in [3.63, 3.8) is 0 Å². The van der Waals surface area contributed by atoms with E-state index < -0.39 is 11.5 Å². The van der Waals surface area contributed by atoms with Gasteiger partial charge in [0.2, 0.25) is 5.91 Å². The molecule has 120 valence electrons. The summed E-state index contributed by atoms with van der Waals surface area (Å²) in [6, 6.07) is 0. The number of likely N-dealkylation sites (tertiary alicyclic amines) is 1. The summed E-state index contributed by atoms with van der Waals surface area (Å²) in [6.07, 6.45) is 5.35. The molecule has 1 amide bonds. The lowest BCUT2D eigenvalue weighted by Crippen LogP contribution is -2.53. The average Bonchev–Trinajstić information content (AvgIpc) is 2.80. The minimum atomic E-state index is -0.988. The Hall–Kier alpha value is -1.06. The van der Waals surface area contributed by atoms with Gasteiger partial charge in [-0.15, -0.1) is 0 Å². The summed E-state index contributed by atoms with van der Waals surface area (Å²) >= 11 is 0. The van der Waals surface area contributed by atoms with E-state index in [2.05, 4.69) is 20.8 Å². The van der Waals surface area contributed by atoms with Crippen LogP contribution in [0, 0.1) is 17.3 Å². The molecule has 1 saturated heterocycles. The summed E-state index contributed by atoms with van der Waals surface area (Å²) in [5.41, 5.74) is -0.685. The molecule has 0 aromatic carbocycles. The number of carbonyl (C=O) groups excluding carboxylic acids is 1. The molecule has 1 aliphatic heterocycles. The van der Waals surface area contributed by atoms with E-state index in [0.29, 0.717) is 24.3 Å². The molecule has 1 heterocycles. The molecule has 0 radical (unpaired) electrons. The maximum absolute atomic E-state index is 12.7. The van der Waals surface area contributed by atoms with Crippen molar-refractivity contribution in [2.45, 2.75) is 71.8 Å². The van der Waals surface area contributed by atoms with Gasteiger partial charge in [-0.05, 0) is 56.8 Å². The summed E-state index contributed by atoms with van der Waals surface area (Å²) in [5.74, 6) is -0.0900. The zero-order valence-electron chi connectivity index (χ0n) is 13.8. The minimum Gasteiger partial charge on any atom is -0.480 e. The zero-order chi connectivity index (χ0) is 15.8. The molecule has 2 aliphatic rings. The predicted molar refractivity (Wildman–Crippen MR) is 81.9 cm³/mol. The van der Waals surface area contributed by atoms with E-state index in [-0.39, 0.29) is 11.8 Å². The predicted octanol–water partition coefficient (Wildman–Crippen LogP) is 3.30. The number of nitrogens with zero attached hydrogens (tertiary/aromatic N) is 1. The van der Waals surface area contributed by atoms with Gasteiger partial charge >= 0.3 is 5.97 Å². The minimum absolute atomic E-state index is 0.0281. The van der Waals surface area contributed by atoms with Crippen molar-refractivity contribution in [2.75, 3.05) is 6.54 Å². The van der Waals surface area contributed by atoms with E-state index >= 15 is 0 Å². The second kappa shape index (κ2) is 5.62. The number of amides is 1. The van der Waals surface area contributed by atoms with Crippen LogP contribution in [-0.4, -0.2) is 34.0 Å². The first-order valence-corrected chi connectivity index (χ1v) is 8.21. The third-order valence-corrected chi connectivity index (χ3v) is 5.67. The summed E-state index contributed by atoms with van der Waals surface area (Å²) < 4.78 is 0. The van der Waals surface area contributed by atoms with Crippen molar-refractivity contribution < 1.29 is 14.7 Å². The van der Waals surface area contributed by atoms with Crippen LogP contribution in [0.1, 0.15) is 66.2 Å². The van der Waals surface area contributed by atoms with Crippen LogP contribution >= 0.6 is 0 Å². The second-order valence-corrected chi connectivity index (χ2v) is 8.09. The Morgan fingerprint density at radius 3 is 2.19 bits per heavy atom. The average molecular weight is 295 g/mol. The van der Waals surface area contributed by atoms with Crippen molar-refractivity contribution in [3.05, 3.63) is 0 Å². The van der Waals surface area contributed by atoms with Crippen molar-refractivity contribution in [1.82, 2.24) is 4.90 Å². The lowest BCUT2D eigenvalue weighted by Gasteiger charge is -2.39. The Bertz CT molecular complexity index is 418. The number of hydrogen-bond acceptors (Lipinski definition) is 2. The van der Waals surface area contributed by atoms with Gasteiger partial charge in [0.25, 0.3) is 0 Å². The largest absolute Gasteiger partial charge is 0.480 e. The topological polar surface area (TPSA) is 57.6 Å². The summed E-state index contributed by atoms with van der Waals surface area (Å²) in [5, 5.41) is 9.45. The van der Waals surface area contributed by atoms with Gasteiger partial charge in [0.05, 0.1) is 0 Å². The first-order valence-electron chi connectivity index (χ1n) is 8.21. The highest BCUT2D eigenvalue weighted by Crippen LogP contribution is 2.41. The fourth-order valence-corrected chi connectivity index (χ4v) is 3.97.